The zero-order chi connectivity index (χ0) is 23.7. The zero-order valence-corrected chi connectivity index (χ0v) is 19.6. The van der Waals surface area contributed by atoms with Crippen molar-refractivity contribution in [2.24, 2.45) is 11.8 Å². The Bertz CT molecular complexity index is 1290. The molecule has 3 aliphatic heterocycles. The molecule has 2 aromatic rings. The van der Waals surface area contributed by atoms with Gasteiger partial charge < -0.3 is 9.80 Å². The van der Waals surface area contributed by atoms with Crippen molar-refractivity contribution in [3.8, 4) is 0 Å². The van der Waals surface area contributed by atoms with Gasteiger partial charge in [0.2, 0.25) is 11.9 Å². The molecule has 8 nitrogen and oxygen atoms in total. The number of piperidine rings is 2. The Hall–Kier alpha value is -3.68. The van der Waals surface area contributed by atoms with Crippen LogP contribution >= 0.6 is 0 Å². The maximum absolute atomic E-state index is 13.9. The lowest BCUT2D eigenvalue weighted by atomic mass is 9.64. The van der Waals surface area contributed by atoms with Gasteiger partial charge in [-0.25, -0.2) is 19.9 Å². The van der Waals surface area contributed by atoms with E-state index in [1.165, 1.54) is 0 Å². The van der Waals surface area contributed by atoms with Crippen LogP contribution in [0, 0.1) is 39.5 Å². The van der Waals surface area contributed by atoms with Gasteiger partial charge in [-0.15, -0.1) is 0 Å². The number of Topliss-reactive ketones (excluding diaryl/α,β-unsaturated/α-hetero) is 2. The van der Waals surface area contributed by atoms with Gasteiger partial charge in [0.1, 0.15) is 12.1 Å². The Balaban J connectivity index is 1.58. The first-order chi connectivity index (χ1) is 16.3. The highest BCUT2D eigenvalue weighted by atomic mass is 16.1. The second-order valence-electron chi connectivity index (χ2n) is 9.62. The van der Waals surface area contributed by atoms with Gasteiger partial charge in [-0.2, -0.15) is 0 Å². The van der Waals surface area contributed by atoms with Crippen molar-refractivity contribution >= 4 is 23.5 Å². The Labute approximate surface area is 198 Å². The molecule has 6 rings (SSSR count). The first kappa shape index (κ1) is 20.9. The third-order valence-electron chi connectivity index (χ3n) is 7.23. The Morgan fingerprint density at radius 2 is 1.47 bits per heavy atom. The van der Waals surface area contributed by atoms with Crippen LogP contribution in [-0.4, -0.2) is 49.6 Å². The minimum atomic E-state index is -0.650. The van der Waals surface area contributed by atoms with Gasteiger partial charge in [0.25, 0.3) is 0 Å². The molecule has 0 aromatic carbocycles. The number of rotatable bonds is 2. The predicted molar refractivity (Wildman–Crippen MR) is 127 cm³/mol. The molecule has 4 aliphatic rings. The zero-order valence-electron chi connectivity index (χ0n) is 19.6. The number of aryl methyl sites for hydroxylation is 4. The summed E-state index contributed by atoms with van der Waals surface area (Å²) in [5, 5.41) is 0. The third kappa shape index (κ3) is 2.97. The summed E-state index contributed by atoms with van der Waals surface area (Å²) >= 11 is 0. The summed E-state index contributed by atoms with van der Waals surface area (Å²) < 4.78 is 0. The predicted octanol–water partition coefficient (Wildman–Crippen LogP) is 2.73. The van der Waals surface area contributed by atoms with Crippen molar-refractivity contribution in [2.45, 2.75) is 52.2 Å². The normalized spacial score (nSPS) is 29.3. The molecule has 0 radical (unpaired) electrons. The second-order valence-corrected chi connectivity index (χ2v) is 9.62. The largest absolute Gasteiger partial charge is 0.323 e. The average Bonchev–Trinajstić information content (AvgIpc) is 2.77. The van der Waals surface area contributed by atoms with Gasteiger partial charge in [0.05, 0.1) is 12.0 Å². The summed E-state index contributed by atoms with van der Waals surface area (Å²) in [5.41, 5.74) is 4.14. The van der Waals surface area contributed by atoms with E-state index in [0.717, 1.165) is 28.3 Å². The van der Waals surface area contributed by atoms with E-state index in [2.05, 4.69) is 16.0 Å². The highest BCUT2D eigenvalue weighted by Gasteiger charge is 2.61. The Morgan fingerprint density at radius 1 is 0.853 bits per heavy atom. The molecule has 8 heteroatoms. The fourth-order valence-electron chi connectivity index (χ4n) is 6.02. The fourth-order valence-corrected chi connectivity index (χ4v) is 6.02. The molecular formula is C26H26N6O2. The number of anilines is 2. The van der Waals surface area contributed by atoms with E-state index >= 15 is 0 Å². The standard InChI is InChI=1S/C26H26N6O2/c1-13-11-14(2)28-25(27-13)31-10-9-19-21-23(33)18-8-6-5-7-17(18)20(22(31)24(19)34)32(21)26-29-15(3)12-16(4)30-26/h5-6,8-12,17,19-22H,7H2,1-4H3. The lowest BCUT2D eigenvalue weighted by Crippen LogP contribution is -2.75. The van der Waals surface area contributed by atoms with Crippen molar-refractivity contribution < 1.29 is 9.59 Å². The molecule has 2 aromatic heterocycles. The van der Waals surface area contributed by atoms with Crippen molar-refractivity contribution in [1.82, 2.24) is 19.9 Å². The first-order valence-corrected chi connectivity index (χ1v) is 11.7. The van der Waals surface area contributed by atoms with Crippen LogP contribution in [0.3, 0.4) is 0 Å². The molecule has 4 bridgehead atoms. The first-order valence-electron chi connectivity index (χ1n) is 11.7. The van der Waals surface area contributed by atoms with Crippen LogP contribution in [-0.2, 0) is 9.59 Å². The van der Waals surface area contributed by atoms with Crippen molar-refractivity contribution in [2.75, 3.05) is 9.80 Å². The lowest BCUT2D eigenvalue weighted by Gasteiger charge is -2.57. The maximum atomic E-state index is 13.9. The maximum Gasteiger partial charge on any atom is 0.230 e. The van der Waals surface area contributed by atoms with Crippen LogP contribution in [0.4, 0.5) is 11.9 Å². The van der Waals surface area contributed by atoms with Gasteiger partial charge in [-0.1, -0.05) is 24.3 Å². The molecule has 5 atom stereocenters. The van der Waals surface area contributed by atoms with Gasteiger partial charge >= 0.3 is 0 Å². The molecule has 0 amide bonds. The molecule has 0 saturated carbocycles. The SMILES string of the molecule is Cc1cc(C)nc(N2C=CC3C(=O)C2C2C4CC=CC=C4C(=O)C3N2c2nc(C)cc(C)n2)n1. The van der Waals surface area contributed by atoms with Crippen LogP contribution in [0.25, 0.3) is 0 Å². The summed E-state index contributed by atoms with van der Waals surface area (Å²) in [5.74, 6) is 0.308. The number of fused-ring (bicyclic) bond motifs is 8. The van der Waals surface area contributed by atoms with Crippen LogP contribution in [0.2, 0.25) is 0 Å². The smallest absolute Gasteiger partial charge is 0.230 e. The van der Waals surface area contributed by atoms with Crippen molar-refractivity contribution in [1.29, 1.82) is 0 Å². The topological polar surface area (TPSA) is 92.2 Å². The number of hydrogen-bond donors (Lipinski definition) is 0. The highest BCUT2D eigenvalue weighted by molar-refractivity contribution is 6.11. The number of carbonyl (C=O) groups excluding carboxylic acids is 2. The number of ketones is 2. The van der Waals surface area contributed by atoms with Gasteiger partial charge in [0.15, 0.2) is 11.6 Å². The number of allylic oxidation sites excluding steroid dienone is 3. The lowest BCUT2D eigenvalue weighted by molar-refractivity contribution is -0.133. The quantitative estimate of drug-likeness (QED) is 0.684. The number of carbonyl (C=O) groups is 2. The molecular weight excluding hydrogens is 428 g/mol. The molecule has 1 aliphatic carbocycles. The monoisotopic (exact) mass is 454 g/mol. The molecule has 5 unspecified atom stereocenters. The van der Waals surface area contributed by atoms with Crippen molar-refractivity contribution in [3.63, 3.8) is 0 Å². The Kier molecular flexibility index (Phi) is 4.56. The van der Waals surface area contributed by atoms with Gasteiger partial charge in [0, 0.05) is 40.5 Å². The minimum absolute atomic E-state index is 0.00842. The fraction of sp³-hybridized carbons (Fsp3) is 0.385. The highest BCUT2D eigenvalue weighted by Crippen LogP contribution is 2.47. The molecule has 5 heterocycles. The van der Waals surface area contributed by atoms with Crippen LogP contribution in [0.15, 0.2) is 48.2 Å². The van der Waals surface area contributed by atoms with Gasteiger partial charge in [-0.05, 0) is 46.2 Å². The summed E-state index contributed by atoms with van der Waals surface area (Å²) in [6.07, 6.45) is 10.3. The van der Waals surface area contributed by atoms with E-state index in [-0.39, 0.29) is 23.5 Å². The summed E-state index contributed by atoms with van der Waals surface area (Å²) in [7, 11) is 0. The summed E-state index contributed by atoms with van der Waals surface area (Å²) in [4.78, 5) is 50.4. The molecule has 2 saturated heterocycles. The van der Waals surface area contributed by atoms with E-state index in [1.54, 1.807) is 0 Å². The average molecular weight is 455 g/mol. The van der Waals surface area contributed by atoms with E-state index in [4.69, 9.17) is 9.97 Å². The number of hydrogen-bond acceptors (Lipinski definition) is 8. The molecule has 2 fully saturated rings. The Morgan fingerprint density at radius 3 is 2.12 bits per heavy atom. The van der Waals surface area contributed by atoms with Crippen LogP contribution in [0.5, 0.6) is 0 Å². The van der Waals surface area contributed by atoms with Crippen molar-refractivity contribution in [3.05, 3.63) is 71.0 Å². The summed E-state index contributed by atoms with van der Waals surface area (Å²) in [6.45, 7) is 7.70. The molecule has 172 valence electrons. The molecule has 34 heavy (non-hydrogen) atoms. The van der Waals surface area contributed by atoms with E-state index in [1.807, 2.05) is 74.1 Å². The third-order valence-corrected chi connectivity index (χ3v) is 7.23. The van der Waals surface area contributed by atoms with E-state index in [0.29, 0.717) is 18.3 Å². The summed E-state index contributed by atoms with van der Waals surface area (Å²) in [6, 6.07) is 2.31. The molecule has 0 N–H and O–H groups in total. The van der Waals surface area contributed by atoms with Crippen LogP contribution in [0.1, 0.15) is 29.2 Å². The number of aromatic nitrogens is 4. The van der Waals surface area contributed by atoms with E-state index < -0.39 is 18.0 Å². The molecule has 0 spiro atoms. The van der Waals surface area contributed by atoms with E-state index in [9.17, 15) is 9.59 Å². The second kappa shape index (κ2) is 7.41. The number of nitrogens with zero attached hydrogens (tertiary/aromatic N) is 6. The van der Waals surface area contributed by atoms with Gasteiger partial charge in [-0.3, -0.25) is 9.59 Å². The minimum Gasteiger partial charge on any atom is -0.323 e. The van der Waals surface area contributed by atoms with Crippen LogP contribution < -0.4 is 9.80 Å².